The molecule has 15 aromatic rings. The summed E-state index contributed by atoms with van der Waals surface area (Å²) < 4.78 is 37.5. The fourth-order valence-electron chi connectivity index (χ4n) is 14.1. The van der Waals surface area contributed by atoms with E-state index in [1.54, 1.807) is 95.5 Å². The molecule has 143 heavy (non-hydrogen) atoms. The summed E-state index contributed by atoms with van der Waals surface area (Å²) in [6.45, 7) is 8.22. The molecule has 0 bridgehead atoms. The fraction of sp³-hybridized carbons (Fsp3) is 0.182. The van der Waals surface area contributed by atoms with Crippen molar-refractivity contribution in [3.63, 3.8) is 0 Å². The van der Waals surface area contributed by atoms with Gasteiger partial charge < -0.3 is 58.7 Å². The zero-order valence-electron chi connectivity index (χ0n) is 78.2. The molecule has 0 atom stereocenters. The highest BCUT2D eigenvalue weighted by atomic mass is 79.9. The van der Waals surface area contributed by atoms with Gasteiger partial charge in [0.1, 0.15) is 20.4 Å². The Morgan fingerprint density at radius 1 is 0.266 bits per heavy atom. The predicted octanol–water partition coefficient (Wildman–Crippen LogP) is 25.7. The van der Waals surface area contributed by atoms with E-state index in [0.29, 0.717) is 103 Å². The van der Waals surface area contributed by atoms with E-state index >= 15 is 0 Å². The summed E-state index contributed by atoms with van der Waals surface area (Å²) in [5.41, 5.74) is 12.3. The first-order valence-corrected chi connectivity index (χ1v) is 51.1. The van der Waals surface area contributed by atoms with Gasteiger partial charge in [0.2, 0.25) is 0 Å². The molecule has 0 radical (unpaired) electrons. The van der Waals surface area contributed by atoms with Crippen LogP contribution in [0.25, 0.3) is 62.6 Å². The second-order valence-electron chi connectivity index (χ2n) is 30.7. The van der Waals surface area contributed by atoms with Crippen LogP contribution in [0.2, 0.25) is 5.02 Å². The van der Waals surface area contributed by atoms with Gasteiger partial charge in [-0.15, -0.1) is 68.0 Å². The first-order chi connectivity index (χ1) is 68.8. The predicted molar refractivity (Wildman–Crippen MR) is 567 cm³/mol. The molecule has 6 heterocycles. The minimum Gasteiger partial charge on any atom is -0.497 e. The number of aromatic carboxylic acids is 3. The van der Waals surface area contributed by atoms with Crippen molar-refractivity contribution >= 4 is 183 Å². The van der Waals surface area contributed by atoms with Gasteiger partial charge in [-0.25, -0.2) is 14.4 Å². The highest BCUT2D eigenvalue weighted by Crippen LogP contribution is 2.43. The normalized spacial score (nSPS) is 10.4. The first-order valence-electron chi connectivity index (χ1n) is 44.2. The van der Waals surface area contributed by atoms with Gasteiger partial charge in [0.05, 0.1) is 101 Å². The molecule has 0 unspecified atom stereocenters. The first kappa shape index (κ1) is 111. The number of hydrogen-bond donors (Lipinski definition) is 5. The SMILES string of the molecule is CCOC(=O)Cc1cc(C(=O)Cc2ccc(Br)cc2)sc1-c1ccccc1.CCOC(=O)Cc1cc(C(=O)O)sc1-c1ccc(Cl)cc1.CCOC(=O)Cc1cc(C(=O)O)sc1-c1ccc(OC)c(OC)c1.CCOC(=O)Cc1cc(C(=O)O)sc1-c1ccccc1.COc1ccc(-c2sc(C(=O)Cc3ccccc3)cc2CC(=O)O)cc1.O=C(O)Cc1cc(C(=O)Cc2ccc(Br)cc2)sc1-c1ccccc1. The Bertz CT molecular complexity index is 6890. The van der Waals surface area contributed by atoms with Crippen molar-refractivity contribution in [3.8, 4) is 79.9 Å². The van der Waals surface area contributed by atoms with E-state index in [1.807, 2.05) is 200 Å². The standard InChI is InChI=1S/C22H19BrO3S.C21H18O4S.C20H15BrO3S.C17H18O6S.C15H13ClO4S.C15H14O4S/c1-2-26-21(25)14-17-13-20(27-22(17)16-6-4-3-5-7-16)19(24)12-15-8-10-18(23)11-9-15;1-25-17-9-7-15(8-10-17)21-16(13-20(23)24)12-19(26-21)18(22)11-14-5-3-2-4-6-14;21-16-8-6-13(7-9-16)10-17(22)18-11-15(12-19(23)24)20(25-18)14-4-2-1-3-5-14;1-4-23-15(18)9-11-8-14(17(19)20)24-16(11)10-5-6-12(21-2)13(7-10)22-3;1-2-20-13(17)8-10-7-12(15(18)19)21-14(10)9-3-5-11(16)6-4-9;1-2-19-13(16)9-11-8-12(15(17)18)20-14(11)10-6-4-3-5-7-10/h3-11,13H,2,12,14H2,1H3;2-10,12H,11,13H2,1H3,(H,23,24);1-9,11H,10,12H2,(H,23,24);5-8H,4,9H2,1-3H3,(H,19,20);3-7H,2,8H2,1H3,(H,18,19);3-8H,2,9H2,1H3,(H,17,18). The van der Waals surface area contributed by atoms with Crippen LogP contribution < -0.4 is 14.2 Å². The molecule has 0 aliphatic heterocycles. The molecule has 0 aliphatic carbocycles. The number of carboxylic acids is 5. The van der Waals surface area contributed by atoms with E-state index in [9.17, 15) is 67.7 Å². The van der Waals surface area contributed by atoms with Crippen LogP contribution in [-0.4, -0.2) is 144 Å². The van der Waals surface area contributed by atoms with Crippen LogP contribution in [0.4, 0.5) is 0 Å². The highest BCUT2D eigenvalue weighted by molar-refractivity contribution is 9.10. The number of thiophene rings is 6. The van der Waals surface area contributed by atoms with Gasteiger partial charge in [-0.3, -0.25) is 43.2 Å². The number of methoxy groups -OCH3 is 3. The molecular formula is C110H97Br2ClO24S6. The Morgan fingerprint density at radius 2 is 0.517 bits per heavy atom. The lowest BCUT2D eigenvalue weighted by atomic mass is 10.0. The highest BCUT2D eigenvalue weighted by Gasteiger charge is 2.27. The van der Waals surface area contributed by atoms with Gasteiger partial charge in [0.15, 0.2) is 28.8 Å². The number of hydrogen-bond acceptors (Lipinski definition) is 25. The van der Waals surface area contributed by atoms with Gasteiger partial charge in [0.25, 0.3) is 0 Å². The van der Waals surface area contributed by atoms with E-state index < -0.39 is 35.8 Å². The van der Waals surface area contributed by atoms with Crippen molar-refractivity contribution in [3.05, 3.63) is 366 Å². The summed E-state index contributed by atoms with van der Waals surface area (Å²) in [4.78, 5) is 148. The summed E-state index contributed by atoms with van der Waals surface area (Å²) in [5, 5.41) is 46.4. The quantitative estimate of drug-likeness (QED) is 0.0137. The minimum atomic E-state index is -1.03. The zero-order valence-corrected chi connectivity index (χ0v) is 87.1. The monoisotopic (exact) mass is 2190 g/mol. The van der Waals surface area contributed by atoms with Gasteiger partial charge in [-0.05, 0) is 226 Å². The van der Waals surface area contributed by atoms with Gasteiger partial charge in [-0.1, -0.05) is 201 Å². The van der Waals surface area contributed by atoms with Crippen molar-refractivity contribution in [1.29, 1.82) is 0 Å². The van der Waals surface area contributed by atoms with Crippen LogP contribution in [0.3, 0.4) is 0 Å². The summed E-state index contributed by atoms with van der Waals surface area (Å²) in [5.74, 6) is -4.36. The van der Waals surface area contributed by atoms with Gasteiger partial charge in [0, 0.05) is 62.5 Å². The molecule has 15 rings (SSSR count). The van der Waals surface area contributed by atoms with E-state index in [4.69, 9.17) is 60.1 Å². The average molecular weight is 2190 g/mol. The molecule has 0 saturated carbocycles. The summed E-state index contributed by atoms with van der Waals surface area (Å²) in [6.07, 6.45) is 1.05. The molecule has 33 heteroatoms. The van der Waals surface area contributed by atoms with Crippen molar-refractivity contribution in [2.45, 2.75) is 85.5 Å². The largest absolute Gasteiger partial charge is 0.497 e. The topological polar surface area (TPSA) is 371 Å². The second kappa shape index (κ2) is 56.1. The molecular weight excluding hydrogens is 2090 g/mol. The Labute approximate surface area is 871 Å². The Hall–Kier alpha value is -13.9. The van der Waals surface area contributed by atoms with Crippen LogP contribution in [0.1, 0.15) is 136 Å². The number of aliphatic carboxylic acids is 2. The molecule has 0 spiro atoms. The Balaban J connectivity index is 0.000000177. The van der Waals surface area contributed by atoms with E-state index in [-0.39, 0.29) is 95.0 Å². The lowest BCUT2D eigenvalue weighted by Gasteiger charge is -2.10. The van der Waals surface area contributed by atoms with Crippen LogP contribution in [0.15, 0.2) is 282 Å². The lowest BCUT2D eigenvalue weighted by Crippen LogP contribution is -2.07. The number of Topliss-reactive ketones (excluding diaryl/α,β-unsaturated/α-hetero) is 3. The molecule has 9 aromatic carbocycles. The van der Waals surface area contributed by atoms with Crippen molar-refractivity contribution in [1.82, 2.24) is 0 Å². The van der Waals surface area contributed by atoms with E-state index in [1.165, 1.54) is 71.7 Å². The second-order valence-corrected chi connectivity index (χ2v) is 39.3. The lowest BCUT2D eigenvalue weighted by molar-refractivity contribution is -0.143. The maximum absolute atomic E-state index is 12.8. The number of ketones is 3. The number of carbonyl (C=O) groups is 12. The third-order valence-electron chi connectivity index (χ3n) is 20.5. The van der Waals surface area contributed by atoms with Crippen LogP contribution in [-0.2, 0) is 106 Å². The Morgan fingerprint density at radius 3 is 0.797 bits per heavy atom. The maximum Gasteiger partial charge on any atom is 0.345 e. The van der Waals surface area contributed by atoms with Crippen LogP contribution in [0, 0.1) is 0 Å². The number of carbonyl (C=O) groups excluding carboxylic acids is 7. The van der Waals surface area contributed by atoms with Gasteiger partial charge in [-0.2, -0.15) is 0 Å². The smallest absolute Gasteiger partial charge is 0.345 e. The van der Waals surface area contributed by atoms with Crippen LogP contribution >= 0.6 is 111 Å². The number of benzene rings is 9. The summed E-state index contributed by atoms with van der Waals surface area (Å²) in [6, 6.07) is 83.3. The van der Waals surface area contributed by atoms with Gasteiger partial charge >= 0.3 is 53.7 Å². The molecule has 738 valence electrons. The molecule has 0 saturated heterocycles. The molecule has 6 aromatic heterocycles. The molecule has 5 N–H and O–H groups in total. The average Bonchev–Trinajstić information content (AvgIpc) is 1.69. The summed E-state index contributed by atoms with van der Waals surface area (Å²) in [7, 11) is 4.66. The number of carboxylic acid groups (broad SMARTS) is 5. The third-order valence-corrected chi connectivity index (χ3v) is 29.3. The zero-order chi connectivity index (χ0) is 103. The number of ether oxygens (including phenoxy) is 7. The minimum absolute atomic E-state index is 0.00106. The van der Waals surface area contributed by atoms with Crippen molar-refractivity contribution in [2.75, 3.05) is 47.8 Å². The number of rotatable bonds is 37. The third kappa shape index (κ3) is 33.9. The van der Waals surface area contributed by atoms with Crippen molar-refractivity contribution in [2.24, 2.45) is 0 Å². The summed E-state index contributed by atoms with van der Waals surface area (Å²) >= 11 is 20.2. The Kier molecular flexibility index (Phi) is 43.5. The molecule has 24 nitrogen and oxygen atoms in total. The van der Waals surface area contributed by atoms with Crippen molar-refractivity contribution < 1.29 is 116 Å². The molecule has 0 fully saturated rings. The molecule has 0 aliphatic rings. The van der Waals surface area contributed by atoms with E-state index in [2.05, 4.69) is 31.9 Å². The molecule has 0 amide bonds. The number of halogens is 3. The van der Waals surface area contributed by atoms with E-state index in [0.717, 1.165) is 117 Å². The van der Waals surface area contributed by atoms with Crippen LogP contribution in [0.5, 0.6) is 17.2 Å². The maximum atomic E-state index is 12.8. The number of esters is 4. The fourth-order valence-corrected chi connectivity index (χ4v) is 21.1.